The molecule has 1 aromatic heterocycles. The number of carbonyl (C=O) groups is 1. The van der Waals surface area contributed by atoms with E-state index < -0.39 is 11.2 Å². The first-order valence-corrected chi connectivity index (χ1v) is 6.65. The Labute approximate surface area is 111 Å². The summed E-state index contributed by atoms with van der Waals surface area (Å²) in [6.07, 6.45) is -2.05. The SMILES string of the molecule is NC[C@H]1CCC[C@H]1C(=O)Nc1nnc(C(F)(F)F)s1. The summed E-state index contributed by atoms with van der Waals surface area (Å²) in [5.41, 5.74) is 5.56. The van der Waals surface area contributed by atoms with Gasteiger partial charge in [0.1, 0.15) is 0 Å². The minimum atomic E-state index is -4.53. The number of hydrogen-bond donors (Lipinski definition) is 2. The zero-order valence-electron chi connectivity index (χ0n) is 9.91. The lowest BCUT2D eigenvalue weighted by Crippen LogP contribution is -2.29. The fraction of sp³-hybridized carbons (Fsp3) is 0.700. The van der Waals surface area contributed by atoms with Gasteiger partial charge in [-0.05, 0) is 25.3 Å². The van der Waals surface area contributed by atoms with Gasteiger partial charge in [0.25, 0.3) is 0 Å². The van der Waals surface area contributed by atoms with E-state index in [0.29, 0.717) is 24.3 Å². The molecular weight excluding hydrogens is 281 g/mol. The van der Waals surface area contributed by atoms with Crippen LogP contribution >= 0.6 is 11.3 Å². The number of nitrogens with zero attached hydrogens (tertiary/aromatic N) is 2. The van der Waals surface area contributed by atoms with Gasteiger partial charge in [-0.1, -0.05) is 17.8 Å². The van der Waals surface area contributed by atoms with Crippen molar-refractivity contribution < 1.29 is 18.0 Å². The summed E-state index contributed by atoms with van der Waals surface area (Å²) in [4.78, 5) is 11.9. The summed E-state index contributed by atoms with van der Waals surface area (Å²) in [6.45, 7) is 0.405. The third-order valence-electron chi connectivity index (χ3n) is 3.20. The van der Waals surface area contributed by atoms with Crippen LogP contribution in [0.4, 0.5) is 18.3 Å². The van der Waals surface area contributed by atoms with E-state index in [1.165, 1.54) is 0 Å². The van der Waals surface area contributed by atoms with Gasteiger partial charge in [-0.15, -0.1) is 10.2 Å². The van der Waals surface area contributed by atoms with Crippen LogP contribution in [0.1, 0.15) is 24.3 Å². The van der Waals surface area contributed by atoms with Gasteiger partial charge in [0, 0.05) is 5.92 Å². The average molecular weight is 294 g/mol. The minimum absolute atomic E-state index is 0.0926. The first kappa shape index (κ1) is 14.2. The monoisotopic (exact) mass is 294 g/mol. The maximum absolute atomic E-state index is 12.3. The van der Waals surface area contributed by atoms with Gasteiger partial charge in [-0.25, -0.2) is 0 Å². The summed E-state index contributed by atoms with van der Waals surface area (Å²) >= 11 is 0.325. The van der Waals surface area contributed by atoms with Crippen molar-refractivity contribution in [3.8, 4) is 0 Å². The first-order chi connectivity index (χ1) is 8.91. The summed E-state index contributed by atoms with van der Waals surface area (Å²) in [5, 5.41) is 7.54. The van der Waals surface area contributed by atoms with Crippen molar-refractivity contribution in [1.29, 1.82) is 0 Å². The van der Waals surface area contributed by atoms with Crippen molar-refractivity contribution >= 4 is 22.4 Å². The van der Waals surface area contributed by atoms with Crippen molar-refractivity contribution in [3.63, 3.8) is 0 Å². The van der Waals surface area contributed by atoms with Crippen LogP contribution in [0.2, 0.25) is 0 Å². The molecule has 19 heavy (non-hydrogen) atoms. The Bertz CT molecular complexity index is 462. The fourth-order valence-corrected chi connectivity index (χ4v) is 2.86. The highest BCUT2D eigenvalue weighted by atomic mass is 32.1. The molecule has 0 radical (unpaired) electrons. The Morgan fingerprint density at radius 2 is 2.16 bits per heavy atom. The van der Waals surface area contributed by atoms with Crippen LogP contribution in [-0.2, 0) is 11.0 Å². The Kier molecular flexibility index (Phi) is 4.04. The molecule has 9 heteroatoms. The number of nitrogens with one attached hydrogen (secondary N) is 1. The predicted molar refractivity (Wildman–Crippen MR) is 63.4 cm³/mol. The lowest BCUT2D eigenvalue weighted by atomic mass is 9.95. The minimum Gasteiger partial charge on any atom is -0.330 e. The highest BCUT2D eigenvalue weighted by Crippen LogP contribution is 2.35. The van der Waals surface area contributed by atoms with E-state index in [1.54, 1.807) is 0 Å². The molecule has 0 aliphatic heterocycles. The van der Waals surface area contributed by atoms with Crippen molar-refractivity contribution in [1.82, 2.24) is 10.2 Å². The van der Waals surface area contributed by atoms with E-state index in [1.807, 2.05) is 0 Å². The molecule has 1 aromatic rings. The first-order valence-electron chi connectivity index (χ1n) is 5.83. The van der Waals surface area contributed by atoms with E-state index in [9.17, 15) is 18.0 Å². The highest BCUT2D eigenvalue weighted by Gasteiger charge is 2.37. The molecule has 2 atom stereocenters. The number of alkyl halides is 3. The smallest absolute Gasteiger partial charge is 0.330 e. The van der Waals surface area contributed by atoms with Crippen molar-refractivity contribution in [2.24, 2.45) is 17.6 Å². The second kappa shape index (κ2) is 5.41. The van der Waals surface area contributed by atoms with Crippen LogP contribution in [0.5, 0.6) is 0 Å². The van der Waals surface area contributed by atoms with E-state index in [4.69, 9.17) is 5.73 Å². The van der Waals surface area contributed by atoms with Gasteiger partial charge < -0.3 is 11.1 Å². The number of anilines is 1. The molecule has 5 nitrogen and oxygen atoms in total. The second-order valence-electron chi connectivity index (χ2n) is 4.43. The Balaban J connectivity index is 2.01. The summed E-state index contributed by atoms with van der Waals surface area (Å²) in [7, 11) is 0. The molecule has 2 rings (SSSR count). The Morgan fingerprint density at radius 1 is 1.42 bits per heavy atom. The molecule has 0 aromatic carbocycles. The van der Waals surface area contributed by atoms with Gasteiger partial charge in [-0.2, -0.15) is 13.2 Å². The summed E-state index contributed by atoms with van der Waals surface area (Å²) in [6, 6.07) is 0. The topological polar surface area (TPSA) is 80.9 Å². The molecular formula is C10H13F3N4OS. The zero-order chi connectivity index (χ0) is 14.0. The maximum atomic E-state index is 12.3. The quantitative estimate of drug-likeness (QED) is 0.891. The molecule has 3 N–H and O–H groups in total. The third-order valence-corrected chi connectivity index (χ3v) is 4.08. The number of carbonyl (C=O) groups excluding carboxylic acids is 1. The molecule has 1 aliphatic carbocycles. The van der Waals surface area contributed by atoms with Gasteiger partial charge in [0.05, 0.1) is 0 Å². The van der Waals surface area contributed by atoms with Crippen molar-refractivity contribution in [2.45, 2.75) is 25.4 Å². The fourth-order valence-electron chi connectivity index (χ4n) is 2.25. The van der Waals surface area contributed by atoms with E-state index >= 15 is 0 Å². The molecule has 0 unspecified atom stereocenters. The van der Waals surface area contributed by atoms with Crippen LogP contribution < -0.4 is 11.1 Å². The van der Waals surface area contributed by atoms with Crippen LogP contribution in [0.15, 0.2) is 0 Å². The van der Waals surface area contributed by atoms with E-state index in [0.717, 1.165) is 12.8 Å². The average Bonchev–Trinajstić information content (AvgIpc) is 2.95. The molecule has 1 heterocycles. The maximum Gasteiger partial charge on any atom is 0.445 e. The molecule has 0 bridgehead atoms. The molecule has 0 saturated heterocycles. The largest absolute Gasteiger partial charge is 0.445 e. The number of aromatic nitrogens is 2. The number of nitrogens with two attached hydrogens (primary N) is 1. The van der Waals surface area contributed by atoms with Crippen LogP contribution in [0, 0.1) is 11.8 Å². The van der Waals surface area contributed by atoms with Gasteiger partial charge >= 0.3 is 6.18 Å². The molecule has 0 spiro atoms. The predicted octanol–water partition coefficient (Wildman–Crippen LogP) is 1.87. The summed E-state index contributed by atoms with van der Waals surface area (Å²) < 4.78 is 37.0. The van der Waals surface area contributed by atoms with E-state index in [2.05, 4.69) is 15.5 Å². The standard InChI is InChI=1S/C10H13F3N4OS/c11-10(12,13)8-16-17-9(19-8)15-7(18)6-3-1-2-5(6)4-14/h5-6H,1-4,14H2,(H,15,17,18)/t5-,6-/m1/s1. The lowest BCUT2D eigenvalue weighted by Gasteiger charge is -2.15. The molecule has 1 saturated carbocycles. The Morgan fingerprint density at radius 3 is 2.74 bits per heavy atom. The molecule has 1 fully saturated rings. The highest BCUT2D eigenvalue weighted by molar-refractivity contribution is 7.15. The molecule has 1 amide bonds. The number of hydrogen-bond acceptors (Lipinski definition) is 5. The lowest BCUT2D eigenvalue weighted by molar-refractivity contribution is -0.138. The zero-order valence-corrected chi connectivity index (χ0v) is 10.7. The Hall–Kier alpha value is -1.22. The van der Waals surface area contributed by atoms with Gasteiger partial charge in [0.2, 0.25) is 16.0 Å². The van der Waals surface area contributed by atoms with E-state index in [-0.39, 0.29) is 22.9 Å². The molecule has 106 valence electrons. The third kappa shape index (κ3) is 3.21. The normalized spacial score (nSPS) is 23.6. The van der Waals surface area contributed by atoms with Crippen LogP contribution in [0.3, 0.4) is 0 Å². The van der Waals surface area contributed by atoms with Crippen LogP contribution in [-0.4, -0.2) is 22.6 Å². The number of amides is 1. The summed E-state index contributed by atoms with van der Waals surface area (Å²) in [5.74, 6) is -0.476. The number of rotatable bonds is 3. The van der Waals surface area contributed by atoms with Crippen molar-refractivity contribution in [3.05, 3.63) is 5.01 Å². The number of halogens is 3. The molecule has 1 aliphatic rings. The van der Waals surface area contributed by atoms with Gasteiger partial charge in [-0.3, -0.25) is 4.79 Å². The van der Waals surface area contributed by atoms with Crippen LogP contribution in [0.25, 0.3) is 0 Å². The second-order valence-corrected chi connectivity index (χ2v) is 5.41. The van der Waals surface area contributed by atoms with Crippen molar-refractivity contribution in [2.75, 3.05) is 11.9 Å². The van der Waals surface area contributed by atoms with Gasteiger partial charge in [0.15, 0.2) is 0 Å².